The van der Waals surface area contributed by atoms with E-state index in [2.05, 4.69) is 25.7 Å². The van der Waals surface area contributed by atoms with Gasteiger partial charge in [0.15, 0.2) is 5.82 Å². The Hall–Kier alpha value is -2.97. The zero-order valence-corrected chi connectivity index (χ0v) is 12.5. The first-order valence-corrected chi connectivity index (χ1v) is 6.83. The highest BCUT2D eigenvalue weighted by molar-refractivity contribution is 5.82. The van der Waals surface area contributed by atoms with Crippen molar-refractivity contribution in [3.8, 4) is 0 Å². The number of hydrogen-bond donors (Lipinski definition) is 2. The van der Waals surface area contributed by atoms with Crippen LogP contribution < -0.4 is 10.6 Å². The molecule has 0 unspecified atom stereocenters. The van der Waals surface area contributed by atoms with Crippen molar-refractivity contribution in [2.75, 3.05) is 19.0 Å². The van der Waals surface area contributed by atoms with Crippen molar-refractivity contribution in [2.45, 2.75) is 13.0 Å². The Morgan fingerprint density at radius 1 is 1.39 bits per heavy atom. The summed E-state index contributed by atoms with van der Waals surface area (Å²) < 4.78 is 18.7. The number of nitrogens with one attached hydrogen (secondary N) is 2. The van der Waals surface area contributed by atoms with Gasteiger partial charge in [0.05, 0.1) is 13.3 Å². The van der Waals surface area contributed by atoms with Crippen LogP contribution in [0.2, 0.25) is 0 Å². The molecule has 8 nitrogen and oxygen atoms in total. The normalized spacial score (nSPS) is 10.2. The minimum atomic E-state index is -0.670. The molecule has 122 valence electrons. The highest BCUT2D eigenvalue weighted by atomic mass is 19.1. The molecule has 0 aliphatic carbocycles. The predicted octanol–water partition coefficient (Wildman–Crippen LogP) is 0.954. The van der Waals surface area contributed by atoms with Gasteiger partial charge in [-0.05, 0) is 24.1 Å². The largest absolute Gasteiger partial charge is 0.453 e. The zero-order valence-electron chi connectivity index (χ0n) is 12.5. The number of hydrogen-bond acceptors (Lipinski definition) is 5. The van der Waals surface area contributed by atoms with Crippen LogP contribution in [0.25, 0.3) is 0 Å². The third-order valence-corrected chi connectivity index (χ3v) is 2.88. The molecule has 0 aliphatic rings. The van der Waals surface area contributed by atoms with Crippen molar-refractivity contribution in [2.24, 2.45) is 0 Å². The number of halogens is 1. The van der Waals surface area contributed by atoms with Crippen LogP contribution in [0.15, 0.2) is 30.5 Å². The first kappa shape index (κ1) is 16.4. The van der Waals surface area contributed by atoms with Crippen LogP contribution in [-0.2, 0) is 22.5 Å². The monoisotopic (exact) mass is 321 g/mol. The van der Waals surface area contributed by atoms with Gasteiger partial charge in [-0.1, -0.05) is 17.3 Å². The third-order valence-electron chi connectivity index (χ3n) is 2.88. The van der Waals surface area contributed by atoms with E-state index in [4.69, 9.17) is 0 Å². The van der Waals surface area contributed by atoms with E-state index in [1.807, 2.05) is 0 Å². The highest BCUT2D eigenvalue weighted by Crippen LogP contribution is 2.03. The van der Waals surface area contributed by atoms with Crippen molar-refractivity contribution < 1.29 is 18.7 Å². The average molecular weight is 321 g/mol. The van der Waals surface area contributed by atoms with Crippen molar-refractivity contribution in [3.05, 3.63) is 41.8 Å². The van der Waals surface area contributed by atoms with E-state index in [0.717, 1.165) is 5.56 Å². The van der Waals surface area contributed by atoms with Crippen LogP contribution in [0.3, 0.4) is 0 Å². The Morgan fingerprint density at radius 2 is 2.22 bits per heavy atom. The molecular formula is C14H16FN5O3. The number of rotatable bonds is 6. The summed E-state index contributed by atoms with van der Waals surface area (Å²) in [4.78, 5) is 22.8. The number of ether oxygens (including phenoxy) is 1. The fourth-order valence-electron chi connectivity index (χ4n) is 1.83. The molecule has 2 aromatic rings. The van der Waals surface area contributed by atoms with Gasteiger partial charge in [-0.15, -0.1) is 5.10 Å². The topological polar surface area (TPSA) is 98.1 Å². The lowest BCUT2D eigenvalue weighted by Gasteiger charge is -2.05. The van der Waals surface area contributed by atoms with E-state index in [0.29, 0.717) is 13.0 Å². The average Bonchev–Trinajstić information content (AvgIpc) is 2.94. The molecule has 1 aromatic carbocycles. The lowest BCUT2D eigenvalue weighted by Crippen LogP contribution is -2.29. The Morgan fingerprint density at radius 3 is 2.96 bits per heavy atom. The van der Waals surface area contributed by atoms with E-state index >= 15 is 0 Å². The summed E-state index contributed by atoms with van der Waals surface area (Å²) in [7, 11) is 1.23. The summed E-state index contributed by atoms with van der Waals surface area (Å²) >= 11 is 0. The number of nitrogens with zero attached hydrogens (tertiary/aromatic N) is 3. The summed E-state index contributed by atoms with van der Waals surface area (Å²) in [5.74, 6) is -0.387. The van der Waals surface area contributed by atoms with Gasteiger partial charge in [0, 0.05) is 6.54 Å². The lowest BCUT2D eigenvalue weighted by molar-refractivity contribution is -0.121. The molecule has 23 heavy (non-hydrogen) atoms. The Labute approximate surface area is 131 Å². The first-order valence-electron chi connectivity index (χ1n) is 6.83. The van der Waals surface area contributed by atoms with Crippen LogP contribution in [0.1, 0.15) is 5.56 Å². The Bertz CT molecular complexity index is 689. The molecular weight excluding hydrogens is 305 g/mol. The quantitative estimate of drug-likeness (QED) is 0.825. The van der Waals surface area contributed by atoms with Gasteiger partial charge in [0.2, 0.25) is 5.91 Å². The molecule has 0 atom stereocenters. The maximum Gasteiger partial charge on any atom is 0.412 e. The van der Waals surface area contributed by atoms with Crippen LogP contribution in [0, 0.1) is 5.82 Å². The molecule has 1 aromatic heterocycles. The van der Waals surface area contributed by atoms with E-state index in [1.54, 1.807) is 12.1 Å². The van der Waals surface area contributed by atoms with E-state index in [9.17, 15) is 14.0 Å². The smallest absolute Gasteiger partial charge is 0.412 e. The molecule has 1 heterocycles. The summed E-state index contributed by atoms with van der Waals surface area (Å²) in [6, 6.07) is 6.20. The first-order chi connectivity index (χ1) is 11.1. The van der Waals surface area contributed by atoms with Crippen LogP contribution in [0.4, 0.5) is 15.0 Å². The molecule has 0 fully saturated rings. The molecule has 0 radical (unpaired) electrons. The molecule has 2 rings (SSSR count). The fraction of sp³-hybridized carbons (Fsp3) is 0.286. The van der Waals surface area contributed by atoms with Crippen LogP contribution in [0.5, 0.6) is 0 Å². The zero-order chi connectivity index (χ0) is 16.7. The minimum absolute atomic E-state index is 0.0427. The molecule has 0 spiro atoms. The maximum absolute atomic E-state index is 13.0. The summed E-state index contributed by atoms with van der Waals surface area (Å²) in [6.45, 7) is 0.337. The van der Waals surface area contributed by atoms with Crippen molar-refractivity contribution in [3.63, 3.8) is 0 Å². The van der Waals surface area contributed by atoms with Gasteiger partial charge < -0.3 is 10.1 Å². The SMILES string of the molecule is COC(=O)Nc1cn(CC(=O)NCCc2cccc(F)c2)nn1. The Balaban J connectivity index is 1.75. The van der Waals surface area contributed by atoms with Crippen molar-refractivity contribution in [1.82, 2.24) is 20.3 Å². The second-order valence-corrected chi connectivity index (χ2v) is 4.65. The number of carbonyl (C=O) groups excluding carboxylic acids is 2. The Kier molecular flexibility index (Phi) is 5.61. The van der Waals surface area contributed by atoms with Gasteiger partial charge >= 0.3 is 6.09 Å². The summed E-state index contributed by atoms with van der Waals surface area (Å²) in [6.07, 6.45) is 1.26. The molecule has 0 saturated carbocycles. The number of benzene rings is 1. The highest BCUT2D eigenvalue weighted by Gasteiger charge is 2.08. The molecule has 9 heteroatoms. The lowest BCUT2D eigenvalue weighted by atomic mass is 10.1. The van der Waals surface area contributed by atoms with Gasteiger partial charge in [0.1, 0.15) is 12.4 Å². The van der Waals surface area contributed by atoms with E-state index in [-0.39, 0.29) is 24.1 Å². The number of amides is 2. The van der Waals surface area contributed by atoms with Crippen LogP contribution in [-0.4, -0.2) is 40.6 Å². The number of carbonyl (C=O) groups is 2. The summed E-state index contributed by atoms with van der Waals surface area (Å²) in [5, 5.41) is 12.4. The third kappa shape index (κ3) is 5.38. The van der Waals surface area contributed by atoms with Crippen molar-refractivity contribution >= 4 is 17.8 Å². The minimum Gasteiger partial charge on any atom is -0.453 e. The van der Waals surface area contributed by atoms with Crippen molar-refractivity contribution in [1.29, 1.82) is 0 Å². The number of methoxy groups -OCH3 is 1. The van der Waals surface area contributed by atoms with Gasteiger partial charge in [0.25, 0.3) is 0 Å². The second kappa shape index (κ2) is 7.87. The molecule has 2 amide bonds. The number of anilines is 1. The molecule has 0 aliphatic heterocycles. The van der Waals surface area contributed by atoms with Gasteiger partial charge in [-0.2, -0.15) is 0 Å². The predicted molar refractivity (Wildman–Crippen MR) is 79.2 cm³/mol. The van der Waals surface area contributed by atoms with Crippen LogP contribution >= 0.6 is 0 Å². The molecule has 0 saturated heterocycles. The maximum atomic E-state index is 13.0. The van der Waals surface area contributed by atoms with E-state index < -0.39 is 6.09 Å². The summed E-state index contributed by atoms with van der Waals surface area (Å²) in [5.41, 5.74) is 0.802. The molecule has 0 bridgehead atoms. The van der Waals surface area contributed by atoms with E-state index in [1.165, 1.54) is 30.1 Å². The molecule has 2 N–H and O–H groups in total. The fourth-order valence-corrected chi connectivity index (χ4v) is 1.83. The second-order valence-electron chi connectivity index (χ2n) is 4.65. The number of aromatic nitrogens is 3. The van der Waals surface area contributed by atoms with Gasteiger partial charge in [-0.25, -0.2) is 13.9 Å². The standard InChI is InChI=1S/C14H16FN5O3/c1-23-14(22)17-12-8-20(19-18-12)9-13(21)16-6-5-10-3-2-4-11(15)7-10/h2-4,7-8H,5-6,9H2,1H3,(H,16,21)(H,17,22). The van der Waals surface area contributed by atoms with Gasteiger partial charge in [-0.3, -0.25) is 10.1 Å².